The first-order valence-corrected chi connectivity index (χ1v) is 9.14. The highest BCUT2D eigenvalue weighted by Crippen LogP contribution is 2.46. The average Bonchev–Trinajstić information content (AvgIpc) is 2.63. The van der Waals surface area contributed by atoms with Gasteiger partial charge in [-0.25, -0.2) is 19.9 Å². The first-order valence-electron chi connectivity index (χ1n) is 9.14. The molecule has 0 bridgehead atoms. The Hall–Kier alpha value is -2.83. The maximum atomic E-state index is 12.9. The predicted molar refractivity (Wildman–Crippen MR) is 104 cm³/mol. The van der Waals surface area contributed by atoms with E-state index in [1.807, 2.05) is 34.6 Å². The number of rotatable bonds is 4. The number of nitrogens with two attached hydrogens (primary N) is 1. The Labute approximate surface area is 159 Å². The molecule has 2 aromatic rings. The number of pyridine rings is 1. The minimum atomic E-state index is -0.595. The smallest absolute Gasteiger partial charge is 0.315 e. The highest BCUT2D eigenvalue weighted by atomic mass is 16.5. The summed E-state index contributed by atoms with van der Waals surface area (Å²) < 4.78 is 5.52. The van der Waals surface area contributed by atoms with Gasteiger partial charge in [-0.1, -0.05) is 6.92 Å². The first kappa shape index (κ1) is 18.9. The van der Waals surface area contributed by atoms with Crippen molar-refractivity contribution in [2.75, 3.05) is 5.73 Å². The van der Waals surface area contributed by atoms with Crippen LogP contribution in [0, 0.1) is 12.8 Å². The fraction of sp³-hybridized carbons (Fsp3) is 0.450. The lowest BCUT2D eigenvalue weighted by Crippen LogP contribution is -2.35. The third-order valence-corrected chi connectivity index (χ3v) is 4.87. The van der Waals surface area contributed by atoms with E-state index in [0.29, 0.717) is 17.2 Å². The van der Waals surface area contributed by atoms with E-state index in [9.17, 15) is 4.79 Å². The summed E-state index contributed by atoms with van der Waals surface area (Å²) in [7, 11) is 0. The van der Waals surface area contributed by atoms with Crippen LogP contribution in [0.2, 0.25) is 0 Å². The van der Waals surface area contributed by atoms with Crippen molar-refractivity contribution in [3.63, 3.8) is 0 Å². The van der Waals surface area contributed by atoms with Crippen molar-refractivity contribution in [1.29, 1.82) is 0 Å². The van der Waals surface area contributed by atoms with Crippen LogP contribution in [0.3, 0.4) is 0 Å². The highest BCUT2D eigenvalue weighted by molar-refractivity contribution is 6.05. The summed E-state index contributed by atoms with van der Waals surface area (Å²) in [4.78, 5) is 30.5. The number of aliphatic imine (C=N–C) groups is 1. The Morgan fingerprint density at radius 3 is 2.52 bits per heavy atom. The third kappa shape index (κ3) is 3.41. The Kier molecular flexibility index (Phi) is 5.21. The standard InChI is InChI=1S/C20H25N5O2/c1-6-14-11(4)18(21)17-16(13-7-22-9-23-8-13)15(20(26)27-10(2)3)12(5)24-19(17)25-14/h7-10,15-16H,6H2,1-5H3,(H2,21,25). The Bertz CT molecular complexity index is 893. The van der Waals surface area contributed by atoms with Gasteiger partial charge in [0, 0.05) is 41.0 Å². The van der Waals surface area contributed by atoms with Gasteiger partial charge in [0.05, 0.1) is 6.10 Å². The molecule has 0 saturated carbocycles. The number of esters is 1. The second-order valence-electron chi connectivity index (χ2n) is 7.05. The molecule has 0 amide bonds. The zero-order chi connectivity index (χ0) is 19.7. The zero-order valence-corrected chi connectivity index (χ0v) is 16.4. The number of hydrogen-bond acceptors (Lipinski definition) is 7. The molecule has 0 fully saturated rings. The van der Waals surface area contributed by atoms with E-state index in [2.05, 4.69) is 15.0 Å². The van der Waals surface area contributed by atoms with Crippen molar-refractivity contribution in [2.24, 2.45) is 10.9 Å². The predicted octanol–water partition coefficient (Wildman–Crippen LogP) is 3.13. The van der Waals surface area contributed by atoms with Crippen LogP contribution in [-0.2, 0) is 16.0 Å². The molecule has 0 aromatic carbocycles. The molecule has 3 heterocycles. The van der Waals surface area contributed by atoms with Crippen LogP contribution in [0.15, 0.2) is 23.7 Å². The lowest BCUT2D eigenvalue weighted by Gasteiger charge is -2.32. The molecule has 2 unspecified atom stereocenters. The molecule has 1 aliphatic rings. The number of fused-ring (bicyclic) bond motifs is 1. The summed E-state index contributed by atoms with van der Waals surface area (Å²) in [6.45, 7) is 9.47. The number of anilines is 1. The molecule has 27 heavy (non-hydrogen) atoms. The quantitative estimate of drug-likeness (QED) is 0.833. The molecule has 7 heteroatoms. The lowest BCUT2D eigenvalue weighted by atomic mass is 9.76. The molecular weight excluding hydrogens is 342 g/mol. The van der Waals surface area contributed by atoms with Crippen LogP contribution < -0.4 is 5.73 Å². The van der Waals surface area contributed by atoms with Gasteiger partial charge in [0.15, 0.2) is 5.82 Å². The molecule has 3 rings (SSSR count). The molecule has 0 saturated heterocycles. The third-order valence-electron chi connectivity index (χ3n) is 4.87. The average molecular weight is 367 g/mol. The van der Waals surface area contributed by atoms with Gasteiger partial charge in [-0.15, -0.1) is 0 Å². The van der Waals surface area contributed by atoms with E-state index < -0.39 is 5.92 Å². The van der Waals surface area contributed by atoms with Gasteiger partial charge >= 0.3 is 5.97 Å². The van der Waals surface area contributed by atoms with Crippen molar-refractivity contribution in [3.8, 4) is 0 Å². The Morgan fingerprint density at radius 2 is 1.93 bits per heavy atom. The number of ether oxygens (including phenoxy) is 1. The topological polar surface area (TPSA) is 103 Å². The molecule has 142 valence electrons. The summed E-state index contributed by atoms with van der Waals surface area (Å²) in [5.41, 5.74) is 11.1. The monoisotopic (exact) mass is 367 g/mol. The minimum Gasteiger partial charge on any atom is -0.462 e. The van der Waals surface area contributed by atoms with Crippen molar-refractivity contribution in [2.45, 2.75) is 53.1 Å². The Morgan fingerprint density at radius 1 is 1.26 bits per heavy atom. The van der Waals surface area contributed by atoms with Crippen LogP contribution in [-0.4, -0.2) is 32.7 Å². The number of nitrogens with zero attached hydrogens (tertiary/aromatic N) is 4. The van der Waals surface area contributed by atoms with E-state index in [0.717, 1.165) is 28.8 Å². The SMILES string of the molecule is CCc1nc2c(c(N)c1C)C(c1cncnc1)C(C(=O)OC(C)C)C(C)=N2. The van der Waals surface area contributed by atoms with Crippen LogP contribution in [0.4, 0.5) is 11.5 Å². The second kappa shape index (κ2) is 7.42. The van der Waals surface area contributed by atoms with Crippen molar-refractivity contribution in [3.05, 3.63) is 41.1 Å². The van der Waals surface area contributed by atoms with E-state index >= 15 is 0 Å². The number of hydrogen-bond donors (Lipinski definition) is 1. The highest BCUT2D eigenvalue weighted by Gasteiger charge is 2.41. The molecule has 1 aliphatic heterocycles. The van der Waals surface area contributed by atoms with Crippen LogP contribution in [0.1, 0.15) is 56.0 Å². The minimum absolute atomic E-state index is 0.223. The van der Waals surface area contributed by atoms with Crippen molar-refractivity contribution in [1.82, 2.24) is 15.0 Å². The summed E-state index contributed by atoms with van der Waals surface area (Å²) in [5, 5.41) is 0. The van der Waals surface area contributed by atoms with Gasteiger partial charge in [-0.3, -0.25) is 4.79 Å². The Balaban J connectivity index is 2.25. The van der Waals surface area contributed by atoms with E-state index in [1.54, 1.807) is 12.4 Å². The van der Waals surface area contributed by atoms with Gasteiger partial charge in [0.2, 0.25) is 0 Å². The van der Waals surface area contributed by atoms with Crippen LogP contribution in [0.25, 0.3) is 0 Å². The van der Waals surface area contributed by atoms with E-state index in [1.165, 1.54) is 6.33 Å². The molecule has 0 aliphatic carbocycles. The molecule has 0 spiro atoms. The molecule has 7 nitrogen and oxygen atoms in total. The number of carbonyl (C=O) groups is 1. The summed E-state index contributed by atoms with van der Waals surface area (Å²) in [6.07, 6.45) is 5.41. The molecule has 0 radical (unpaired) electrons. The molecular formula is C20H25N5O2. The zero-order valence-electron chi connectivity index (χ0n) is 16.4. The van der Waals surface area contributed by atoms with E-state index in [-0.39, 0.29) is 18.0 Å². The van der Waals surface area contributed by atoms with Gasteiger partial charge in [0.1, 0.15) is 12.2 Å². The van der Waals surface area contributed by atoms with Gasteiger partial charge in [0.25, 0.3) is 0 Å². The maximum absolute atomic E-state index is 12.9. The lowest BCUT2D eigenvalue weighted by molar-refractivity contribution is -0.150. The van der Waals surface area contributed by atoms with Crippen molar-refractivity contribution < 1.29 is 9.53 Å². The second-order valence-corrected chi connectivity index (χ2v) is 7.05. The van der Waals surface area contributed by atoms with Crippen molar-refractivity contribution >= 4 is 23.2 Å². The van der Waals surface area contributed by atoms with Gasteiger partial charge in [-0.05, 0) is 45.2 Å². The number of nitrogen functional groups attached to an aromatic ring is 1. The molecule has 2 N–H and O–H groups in total. The first-order chi connectivity index (χ1) is 12.8. The maximum Gasteiger partial charge on any atom is 0.315 e. The summed E-state index contributed by atoms with van der Waals surface area (Å²) in [5.74, 6) is -0.749. The molecule has 2 aromatic heterocycles. The number of carbonyl (C=O) groups excluding carboxylic acids is 1. The number of aromatic nitrogens is 3. The fourth-order valence-electron chi connectivity index (χ4n) is 3.57. The van der Waals surface area contributed by atoms with Crippen LogP contribution in [0.5, 0.6) is 0 Å². The normalized spacial score (nSPS) is 18.8. The van der Waals surface area contributed by atoms with Crippen LogP contribution >= 0.6 is 0 Å². The largest absolute Gasteiger partial charge is 0.462 e. The van der Waals surface area contributed by atoms with E-state index in [4.69, 9.17) is 15.5 Å². The van der Waals surface area contributed by atoms with Gasteiger partial charge < -0.3 is 10.5 Å². The summed E-state index contributed by atoms with van der Waals surface area (Å²) >= 11 is 0. The molecule has 2 atom stereocenters. The van der Waals surface area contributed by atoms with Gasteiger partial charge in [-0.2, -0.15) is 0 Å². The fourth-order valence-corrected chi connectivity index (χ4v) is 3.57. The number of aryl methyl sites for hydroxylation is 1. The summed E-state index contributed by atoms with van der Waals surface area (Å²) in [6, 6.07) is 0.